The molecule has 0 aliphatic carbocycles. The summed E-state index contributed by atoms with van der Waals surface area (Å²) in [5, 5.41) is 0. The molecule has 0 heterocycles. The molecule has 0 aromatic rings. The van der Waals surface area contributed by atoms with E-state index in [1.165, 1.54) is 0 Å². The Balaban J connectivity index is 4.01. The first kappa shape index (κ1) is 10.3. The van der Waals surface area contributed by atoms with Gasteiger partial charge in [0.15, 0.2) is 0 Å². The first-order chi connectivity index (χ1) is 4.21. The fourth-order valence-electron chi connectivity index (χ4n) is 0.500. The third-order valence-electron chi connectivity index (χ3n) is 1.08. The molecule has 0 rings (SSSR count). The fourth-order valence-corrected chi connectivity index (χ4v) is 2.60. The Morgan fingerprint density at radius 3 is 1.50 bits per heavy atom. The van der Waals surface area contributed by atoms with Crippen molar-refractivity contribution in [3.8, 4) is 0 Å². The van der Waals surface area contributed by atoms with E-state index in [1.54, 1.807) is 0 Å². The van der Waals surface area contributed by atoms with Gasteiger partial charge in [-0.3, -0.25) is 0 Å². The van der Waals surface area contributed by atoms with E-state index in [-0.39, 0.29) is 0 Å². The van der Waals surface area contributed by atoms with E-state index < -0.39 is 13.3 Å². The van der Waals surface area contributed by atoms with Gasteiger partial charge < -0.3 is 0 Å². The first-order valence-corrected chi connectivity index (χ1v) is 11.4. The van der Waals surface area contributed by atoms with Crippen molar-refractivity contribution in [2.24, 2.45) is 5.41 Å². The first-order valence-electron chi connectivity index (χ1n) is 3.91. The molecule has 0 spiro atoms. The standard InChI is InChI=1S/C9H20Ge/c1-9(2,3)7-8-10(4,5)6/h7-8H,1-6H3/b8-7-. The van der Waals surface area contributed by atoms with Crippen molar-refractivity contribution in [2.75, 3.05) is 0 Å². The molecule has 0 aliphatic heterocycles. The van der Waals surface area contributed by atoms with Crippen LogP contribution in [0.2, 0.25) is 17.3 Å². The van der Waals surface area contributed by atoms with Crippen LogP contribution in [0.1, 0.15) is 20.8 Å². The Morgan fingerprint density at radius 2 is 1.40 bits per heavy atom. The molecule has 1 heteroatoms. The average Bonchev–Trinajstić information content (AvgIpc) is 1.57. The van der Waals surface area contributed by atoms with Crippen LogP contribution in [0.3, 0.4) is 0 Å². The summed E-state index contributed by atoms with van der Waals surface area (Å²) in [6, 6.07) is 0. The number of hydrogen-bond acceptors (Lipinski definition) is 0. The summed E-state index contributed by atoms with van der Waals surface area (Å²) >= 11 is -1.39. The van der Waals surface area contributed by atoms with Gasteiger partial charge >= 0.3 is 67.7 Å². The van der Waals surface area contributed by atoms with Crippen molar-refractivity contribution < 1.29 is 0 Å². The van der Waals surface area contributed by atoms with Crippen molar-refractivity contribution in [1.29, 1.82) is 0 Å². The van der Waals surface area contributed by atoms with Gasteiger partial charge in [0.2, 0.25) is 0 Å². The molecule has 0 saturated heterocycles. The Hall–Kier alpha value is 0.283. The SMILES string of the molecule is CC(C)(C)/C=[CH]\[Ge]([CH3])([CH3])[CH3]. The molecule has 0 radical (unpaired) electrons. The summed E-state index contributed by atoms with van der Waals surface area (Å²) in [7, 11) is 0. The van der Waals surface area contributed by atoms with Gasteiger partial charge in [0, 0.05) is 0 Å². The van der Waals surface area contributed by atoms with E-state index in [0.29, 0.717) is 5.41 Å². The van der Waals surface area contributed by atoms with Crippen molar-refractivity contribution in [3.63, 3.8) is 0 Å². The normalized spacial score (nSPS) is 14.6. The molecule has 0 N–H and O–H groups in total. The Kier molecular flexibility index (Phi) is 3.21. The monoisotopic (exact) mass is 202 g/mol. The van der Waals surface area contributed by atoms with E-state index in [0.717, 1.165) is 0 Å². The minimum absolute atomic E-state index is 0.374. The summed E-state index contributed by atoms with van der Waals surface area (Å²) in [6.07, 6.45) is 2.35. The summed E-state index contributed by atoms with van der Waals surface area (Å²) < 4.78 is 0. The van der Waals surface area contributed by atoms with Gasteiger partial charge in [-0.25, -0.2) is 0 Å². The maximum absolute atomic E-state index is 2.46. The maximum atomic E-state index is 2.46. The van der Waals surface area contributed by atoms with E-state index in [1.807, 2.05) is 0 Å². The zero-order valence-corrected chi connectivity index (χ0v) is 10.3. The second-order valence-corrected chi connectivity index (χ2v) is 15.7. The Bertz CT molecular complexity index is 105. The predicted molar refractivity (Wildman–Crippen MR) is 51.9 cm³/mol. The molecule has 0 saturated carbocycles. The molecule has 60 valence electrons. The molecule has 0 aliphatic rings. The summed E-state index contributed by atoms with van der Waals surface area (Å²) in [5.74, 6) is 7.22. The summed E-state index contributed by atoms with van der Waals surface area (Å²) in [5.41, 5.74) is 0.374. The van der Waals surface area contributed by atoms with Crippen LogP contribution in [0, 0.1) is 5.41 Å². The quantitative estimate of drug-likeness (QED) is 0.569. The van der Waals surface area contributed by atoms with Gasteiger partial charge in [-0.15, -0.1) is 0 Å². The van der Waals surface area contributed by atoms with E-state index in [2.05, 4.69) is 49.0 Å². The third-order valence-corrected chi connectivity index (χ3v) is 3.53. The molecule has 0 amide bonds. The topological polar surface area (TPSA) is 0 Å². The minimum atomic E-state index is -1.39. The van der Waals surface area contributed by atoms with Crippen LogP contribution < -0.4 is 0 Å². The van der Waals surface area contributed by atoms with Gasteiger partial charge in [-0.2, -0.15) is 0 Å². The van der Waals surface area contributed by atoms with Crippen LogP contribution in [0.5, 0.6) is 0 Å². The van der Waals surface area contributed by atoms with E-state index >= 15 is 0 Å². The average molecular weight is 201 g/mol. The van der Waals surface area contributed by atoms with Crippen LogP contribution in [-0.4, -0.2) is 13.3 Å². The zero-order valence-electron chi connectivity index (χ0n) is 8.15. The summed E-state index contributed by atoms with van der Waals surface area (Å²) in [6.45, 7) is 6.74. The van der Waals surface area contributed by atoms with Gasteiger partial charge in [-0.1, -0.05) is 0 Å². The van der Waals surface area contributed by atoms with Crippen LogP contribution in [0.15, 0.2) is 11.0 Å². The summed E-state index contributed by atoms with van der Waals surface area (Å²) in [4.78, 5) is 2.46. The van der Waals surface area contributed by atoms with Crippen LogP contribution in [0.25, 0.3) is 0 Å². The zero-order chi connectivity index (χ0) is 8.41. The van der Waals surface area contributed by atoms with Crippen LogP contribution >= 0.6 is 0 Å². The molecule has 0 atom stereocenters. The van der Waals surface area contributed by atoms with Gasteiger partial charge in [0.1, 0.15) is 0 Å². The van der Waals surface area contributed by atoms with E-state index in [4.69, 9.17) is 0 Å². The second kappa shape index (κ2) is 3.12. The van der Waals surface area contributed by atoms with Crippen LogP contribution in [0.4, 0.5) is 0 Å². The number of hydrogen-bond donors (Lipinski definition) is 0. The molecule has 0 nitrogen and oxygen atoms in total. The van der Waals surface area contributed by atoms with Gasteiger partial charge in [0.05, 0.1) is 0 Å². The van der Waals surface area contributed by atoms with E-state index in [9.17, 15) is 0 Å². The molecule has 0 unspecified atom stereocenters. The number of allylic oxidation sites excluding steroid dienone is 1. The molecular weight excluding hydrogens is 181 g/mol. The second-order valence-electron chi connectivity index (χ2n) is 5.07. The van der Waals surface area contributed by atoms with Crippen LogP contribution in [-0.2, 0) is 0 Å². The molecule has 0 aromatic heterocycles. The van der Waals surface area contributed by atoms with Gasteiger partial charge in [0.25, 0.3) is 0 Å². The molecule has 10 heavy (non-hydrogen) atoms. The van der Waals surface area contributed by atoms with Crippen molar-refractivity contribution in [2.45, 2.75) is 38.0 Å². The van der Waals surface area contributed by atoms with Gasteiger partial charge in [-0.05, 0) is 0 Å². The third kappa shape index (κ3) is 8.28. The Morgan fingerprint density at radius 1 is 1.00 bits per heavy atom. The Labute approximate surface area is 68.1 Å². The molecule has 0 bridgehead atoms. The fraction of sp³-hybridized carbons (Fsp3) is 0.778. The molecular formula is C9H20Ge. The molecule has 0 fully saturated rings. The van der Waals surface area contributed by atoms with Crippen molar-refractivity contribution in [3.05, 3.63) is 11.0 Å². The van der Waals surface area contributed by atoms with Crippen molar-refractivity contribution >= 4 is 13.3 Å². The van der Waals surface area contributed by atoms with Crippen molar-refractivity contribution in [1.82, 2.24) is 0 Å². The predicted octanol–water partition coefficient (Wildman–Crippen LogP) is 3.47. The molecule has 0 aromatic carbocycles. The number of rotatable bonds is 1.